The molecule has 0 spiro atoms. The Hall–Kier alpha value is -1.77. The summed E-state index contributed by atoms with van der Waals surface area (Å²) >= 11 is 1.86. The van der Waals surface area contributed by atoms with Crippen LogP contribution in [0, 0.1) is 21.0 Å². The summed E-state index contributed by atoms with van der Waals surface area (Å²) < 4.78 is 47.1. The van der Waals surface area contributed by atoms with E-state index in [0.717, 1.165) is 12.1 Å². The van der Waals surface area contributed by atoms with Gasteiger partial charge in [0.2, 0.25) is 0 Å². The molecule has 0 aliphatic rings. The van der Waals surface area contributed by atoms with Gasteiger partial charge in [-0.1, -0.05) is 0 Å². The fourth-order valence-corrected chi connectivity index (χ4v) is 2.75. The maximum atomic E-state index is 14.8. The number of hydrogen-bond acceptors (Lipinski definition) is 2. The number of nitrogens with one attached hydrogen (secondary N) is 1. The molecule has 3 nitrogen and oxygen atoms in total. The molecule has 2 aromatic carbocycles. The number of ether oxygens (including phenoxy) is 1. The van der Waals surface area contributed by atoms with E-state index in [-0.39, 0.29) is 16.8 Å². The van der Waals surface area contributed by atoms with Crippen LogP contribution < -0.4 is 5.32 Å². The van der Waals surface area contributed by atoms with Crippen LogP contribution in [-0.4, -0.2) is 11.7 Å². The Morgan fingerprint density at radius 3 is 2.21 bits per heavy atom. The molecule has 1 amide bonds. The minimum Gasteiger partial charge on any atom is -0.444 e. The van der Waals surface area contributed by atoms with Gasteiger partial charge in [-0.05, 0) is 73.2 Å². The highest BCUT2D eigenvalue weighted by Crippen LogP contribution is 2.33. The van der Waals surface area contributed by atoms with Gasteiger partial charge in [0.05, 0.1) is 5.69 Å². The Morgan fingerprint density at radius 1 is 1.08 bits per heavy atom. The summed E-state index contributed by atoms with van der Waals surface area (Å²) in [7, 11) is 0. The van der Waals surface area contributed by atoms with Crippen LogP contribution in [-0.2, 0) is 4.74 Å². The number of rotatable bonds is 2. The number of carbonyl (C=O) groups is 1. The van der Waals surface area contributed by atoms with Crippen molar-refractivity contribution in [3.63, 3.8) is 0 Å². The summed E-state index contributed by atoms with van der Waals surface area (Å²) in [5.41, 5.74) is -0.827. The molecule has 0 radical (unpaired) electrons. The average molecular weight is 449 g/mol. The van der Waals surface area contributed by atoms with E-state index in [0.29, 0.717) is 9.64 Å². The summed E-state index contributed by atoms with van der Waals surface area (Å²) in [5, 5.41) is 2.31. The van der Waals surface area contributed by atoms with Gasteiger partial charge in [-0.3, -0.25) is 5.32 Å². The maximum absolute atomic E-state index is 14.8. The lowest BCUT2D eigenvalue weighted by molar-refractivity contribution is 0.0635. The molecule has 0 aromatic heterocycles. The average Bonchev–Trinajstić information content (AvgIpc) is 2.39. The van der Waals surface area contributed by atoms with E-state index in [9.17, 15) is 18.0 Å². The second-order valence-electron chi connectivity index (χ2n) is 6.07. The van der Waals surface area contributed by atoms with Crippen LogP contribution in [0.4, 0.5) is 23.7 Å². The van der Waals surface area contributed by atoms with Crippen molar-refractivity contribution in [3.8, 4) is 11.1 Å². The van der Waals surface area contributed by atoms with E-state index in [4.69, 9.17) is 4.74 Å². The topological polar surface area (TPSA) is 38.3 Å². The van der Waals surface area contributed by atoms with Crippen LogP contribution in [0.3, 0.4) is 0 Å². The van der Waals surface area contributed by atoms with Crippen LogP contribution >= 0.6 is 22.6 Å². The molecule has 2 rings (SSSR count). The van der Waals surface area contributed by atoms with Crippen LogP contribution in [0.1, 0.15) is 20.8 Å². The summed E-state index contributed by atoms with van der Waals surface area (Å²) in [6, 6.07) is 5.66. The second kappa shape index (κ2) is 7.00. The fourth-order valence-electron chi connectivity index (χ4n) is 2.03. The zero-order valence-corrected chi connectivity index (χ0v) is 15.4. The third kappa shape index (κ3) is 4.62. The predicted molar refractivity (Wildman–Crippen MR) is 94.3 cm³/mol. The van der Waals surface area contributed by atoms with Gasteiger partial charge in [-0.15, -0.1) is 0 Å². The summed E-state index contributed by atoms with van der Waals surface area (Å²) in [5.74, 6) is -2.42. The van der Waals surface area contributed by atoms with E-state index < -0.39 is 29.1 Å². The number of benzene rings is 2. The molecule has 7 heteroatoms. The monoisotopic (exact) mass is 449 g/mol. The molecule has 0 saturated carbocycles. The predicted octanol–water partition coefficient (Wildman–Crippen LogP) is 5.72. The lowest BCUT2D eigenvalue weighted by Crippen LogP contribution is -2.27. The van der Waals surface area contributed by atoms with Gasteiger partial charge in [0.1, 0.15) is 17.2 Å². The number of anilines is 1. The Labute approximate surface area is 151 Å². The quantitative estimate of drug-likeness (QED) is 0.596. The van der Waals surface area contributed by atoms with Gasteiger partial charge < -0.3 is 4.74 Å². The molecular formula is C17H15F3INO2. The summed E-state index contributed by atoms with van der Waals surface area (Å²) in [6.45, 7) is 5.04. The molecule has 0 fully saturated rings. The van der Waals surface area contributed by atoms with Gasteiger partial charge in [0.15, 0.2) is 5.82 Å². The van der Waals surface area contributed by atoms with Crippen molar-refractivity contribution in [2.75, 3.05) is 5.32 Å². The van der Waals surface area contributed by atoms with E-state index in [1.165, 1.54) is 12.1 Å². The zero-order valence-electron chi connectivity index (χ0n) is 13.2. The summed E-state index contributed by atoms with van der Waals surface area (Å²) in [6.07, 6.45) is -0.820. The molecule has 1 N–H and O–H groups in total. The smallest absolute Gasteiger partial charge is 0.412 e. The van der Waals surface area contributed by atoms with Gasteiger partial charge in [-0.2, -0.15) is 0 Å². The minimum atomic E-state index is -0.820. The molecule has 128 valence electrons. The normalized spacial score (nSPS) is 11.3. The molecule has 0 unspecified atom stereocenters. The SMILES string of the molecule is CC(C)(C)OC(=O)Nc1ccc(I)c(-c2cc(F)cc(F)c2)c1F. The van der Waals surface area contributed by atoms with Crippen LogP contribution in [0.15, 0.2) is 30.3 Å². The van der Waals surface area contributed by atoms with Crippen molar-refractivity contribution in [1.82, 2.24) is 0 Å². The van der Waals surface area contributed by atoms with E-state index in [1.807, 2.05) is 22.6 Å². The van der Waals surface area contributed by atoms with Crippen molar-refractivity contribution >= 4 is 34.4 Å². The van der Waals surface area contributed by atoms with Gasteiger partial charge in [-0.25, -0.2) is 18.0 Å². The molecule has 0 saturated heterocycles. The molecule has 0 aliphatic heterocycles. The fraction of sp³-hybridized carbons (Fsp3) is 0.235. The van der Waals surface area contributed by atoms with Crippen molar-refractivity contribution in [2.45, 2.75) is 26.4 Å². The highest BCUT2D eigenvalue weighted by molar-refractivity contribution is 14.1. The highest BCUT2D eigenvalue weighted by atomic mass is 127. The van der Waals surface area contributed by atoms with Crippen molar-refractivity contribution in [2.24, 2.45) is 0 Å². The van der Waals surface area contributed by atoms with Gasteiger partial charge in [0.25, 0.3) is 0 Å². The lowest BCUT2D eigenvalue weighted by atomic mass is 10.0. The largest absolute Gasteiger partial charge is 0.444 e. The van der Waals surface area contributed by atoms with E-state index >= 15 is 0 Å². The minimum absolute atomic E-state index is 0.00237. The van der Waals surface area contributed by atoms with Crippen molar-refractivity contribution in [1.29, 1.82) is 0 Å². The van der Waals surface area contributed by atoms with E-state index in [2.05, 4.69) is 5.32 Å². The Bertz CT molecular complexity index is 768. The number of carbonyl (C=O) groups excluding carboxylic acids is 1. The Kier molecular flexibility index (Phi) is 5.42. The van der Waals surface area contributed by atoms with Gasteiger partial charge >= 0.3 is 6.09 Å². The van der Waals surface area contributed by atoms with Gasteiger partial charge in [0, 0.05) is 15.2 Å². The highest BCUT2D eigenvalue weighted by Gasteiger charge is 2.20. The number of halogens is 4. The number of amides is 1. The van der Waals surface area contributed by atoms with Crippen molar-refractivity contribution < 1.29 is 22.7 Å². The first kappa shape index (κ1) is 18.6. The number of hydrogen-bond donors (Lipinski definition) is 1. The standard InChI is InChI=1S/C17H15F3INO2/c1-17(2,3)24-16(23)22-13-5-4-12(21)14(15(13)20)9-6-10(18)8-11(19)7-9/h4-8H,1-3H3,(H,22,23). The second-order valence-corrected chi connectivity index (χ2v) is 7.23. The molecule has 0 bridgehead atoms. The molecule has 2 aromatic rings. The Balaban J connectivity index is 2.42. The first-order valence-corrected chi connectivity index (χ1v) is 8.09. The first-order chi connectivity index (χ1) is 11.1. The van der Waals surface area contributed by atoms with E-state index in [1.54, 1.807) is 20.8 Å². The third-order valence-corrected chi connectivity index (χ3v) is 3.78. The molecule has 0 aliphatic carbocycles. The molecular weight excluding hydrogens is 434 g/mol. The van der Waals surface area contributed by atoms with Crippen LogP contribution in [0.5, 0.6) is 0 Å². The molecule has 0 heterocycles. The first-order valence-electron chi connectivity index (χ1n) is 7.01. The Morgan fingerprint density at radius 2 is 1.67 bits per heavy atom. The lowest BCUT2D eigenvalue weighted by Gasteiger charge is -2.20. The van der Waals surface area contributed by atoms with Crippen LogP contribution in [0.25, 0.3) is 11.1 Å². The molecule has 24 heavy (non-hydrogen) atoms. The third-order valence-electron chi connectivity index (χ3n) is 2.88. The maximum Gasteiger partial charge on any atom is 0.412 e. The molecule has 0 atom stereocenters. The zero-order chi connectivity index (χ0) is 18.1. The summed E-state index contributed by atoms with van der Waals surface area (Å²) in [4.78, 5) is 11.8. The van der Waals surface area contributed by atoms with Crippen molar-refractivity contribution in [3.05, 3.63) is 51.4 Å². The van der Waals surface area contributed by atoms with Crippen LogP contribution in [0.2, 0.25) is 0 Å².